The summed E-state index contributed by atoms with van der Waals surface area (Å²) in [6.45, 7) is 6.19. The predicted octanol–water partition coefficient (Wildman–Crippen LogP) is 1.10. The van der Waals surface area contributed by atoms with Crippen LogP contribution in [0.15, 0.2) is 0 Å². The molecule has 2 fully saturated rings. The number of carbonyl (C=O) groups is 1. The van der Waals surface area contributed by atoms with E-state index in [4.69, 9.17) is 9.47 Å². The molecule has 92 valence electrons. The molecule has 3 atom stereocenters. The van der Waals surface area contributed by atoms with Crippen molar-refractivity contribution >= 4 is 6.09 Å². The Morgan fingerprint density at radius 3 is 2.81 bits per heavy atom. The molecule has 2 saturated heterocycles. The summed E-state index contributed by atoms with van der Waals surface area (Å²) >= 11 is 0. The van der Waals surface area contributed by atoms with Crippen molar-refractivity contribution in [2.75, 3.05) is 6.54 Å². The highest BCUT2D eigenvalue weighted by Crippen LogP contribution is 2.32. The fourth-order valence-corrected chi connectivity index (χ4v) is 2.27. The molecule has 0 spiro atoms. The normalized spacial score (nSPS) is 34.0. The molecule has 5 heteroatoms. The SMILES string of the molecule is CC(C)(C)OC(=O)N1CC[C@H]2OC(O)C[C@H]21. The number of nitrogens with zero attached hydrogens (tertiary/aromatic N) is 1. The number of likely N-dealkylation sites (tertiary alicyclic amines) is 1. The minimum absolute atomic E-state index is 0.0233. The van der Waals surface area contributed by atoms with Crippen LogP contribution >= 0.6 is 0 Å². The number of aliphatic hydroxyl groups is 1. The van der Waals surface area contributed by atoms with Gasteiger partial charge in [-0.1, -0.05) is 0 Å². The Bertz CT molecular complexity index is 286. The molecular formula is C11H19NO4. The van der Waals surface area contributed by atoms with Crippen LogP contribution in [-0.2, 0) is 9.47 Å². The lowest BCUT2D eigenvalue weighted by molar-refractivity contribution is -0.0893. The van der Waals surface area contributed by atoms with E-state index in [-0.39, 0.29) is 18.2 Å². The summed E-state index contributed by atoms with van der Waals surface area (Å²) in [5.74, 6) is 0. The molecule has 1 amide bonds. The maximum atomic E-state index is 11.9. The van der Waals surface area contributed by atoms with Gasteiger partial charge in [0.05, 0.1) is 12.1 Å². The number of hydrogen-bond donors (Lipinski definition) is 1. The summed E-state index contributed by atoms with van der Waals surface area (Å²) in [6, 6.07) is -0.0233. The molecule has 2 heterocycles. The Kier molecular flexibility index (Phi) is 2.84. The van der Waals surface area contributed by atoms with Crippen LogP contribution in [0.1, 0.15) is 33.6 Å². The van der Waals surface area contributed by atoms with Crippen molar-refractivity contribution < 1.29 is 19.4 Å². The zero-order valence-electron chi connectivity index (χ0n) is 9.97. The lowest BCUT2D eigenvalue weighted by Crippen LogP contribution is -2.41. The third-order valence-corrected chi connectivity index (χ3v) is 2.89. The van der Waals surface area contributed by atoms with Crippen LogP contribution in [0.2, 0.25) is 0 Å². The quantitative estimate of drug-likeness (QED) is 0.676. The molecule has 0 bridgehead atoms. The van der Waals surface area contributed by atoms with E-state index in [1.165, 1.54) is 0 Å². The van der Waals surface area contributed by atoms with E-state index in [0.717, 1.165) is 6.42 Å². The first kappa shape index (κ1) is 11.7. The number of aliphatic hydroxyl groups excluding tert-OH is 1. The second kappa shape index (κ2) is 3.89. The summed E-state index contributed by atoms with van der Waals surface area (Å²) in [4.78, 5) is 13.5. The van der Waals surface area contributed by atoms with Crippen molar-refractivity contribution in [3.05, 3.63) is 0 Å². The van der Waals surface area contributed by atoms with Gasteiger partial charge in [0.2, 0.25) is 0 Å². The van der Waals surface area contributed by atoms with E-state index in [1.807, 2.05) is 20.8 Å². The molecular weight excluding hydrogens is 210 g/mol. The van der Waals surface area contributed by atoms with E-state index < -0.39 is 11.9 Å². The molecule has 0 aromatic rings. The zero-order valence-corrected chi connectivity index (χ0v) is 9.97. The monoisotopic (exact) mass is 229 g/mol. The third-order valence-electron chi connectivity index (χ3n) is 2.89. The van der Waals surface area contributed by atoms with Gasteiger partial charge in [0, 0.05) is 13.0 Å². The second-order valence-electron chi connectivity index (χ2n) is 5.39. The fourth-order valence-electron chi connectivity index (χ4n) is 2.27. The molecule has 2 aliphatic heterocycles. The minimum atomic E-state index is -0.736. The lowest BCUT2D eigenvalue weighted by atomic mass is 10.1. The largest absolute Gasteiger partial charge is 0.444 e. The van der Waals surface area contributed by atoms with Crippen LogP contribution in [0.25, 0.3) is 0 Å². The highest BCUT2D eigenvalue weighted by atomic mass is 16.6. The molecule has 2 rings (SSSR count). The molecule has 1 unspecified atom stereocenters. The van der Waals surface area contributed by atoms with Crippen molar-refractivity contribution in [3.8, 4) is 0 Å². The van der Waals surface area contributed by atoms with Gasteiger partial charge in [-0.05, 0) is 27.2 Å². The lowest BCUT2D eigenvalue weighted by Gasteiger charge is -2.27. The van der Waals surface area contributed by atoms with Gasteiger partial charge >= 0.3 is 6.09 Å². The first-order chi connectivity index (χ1) is 7.37. The van der Waals surface area contributed by atoms with Gasteiger partial charge in [-0.3, -0.25) is 0 Å². The van der Waals surface area contributed by atoms with Crippen molar-refractivity contribution in [1.29, 1.82) is 0 Å². The average Bonchev–Trinajstić information content (AvgIpc) is 2.58. The van der Waals surface area contributed by atoms with Gasteiger partial charge in [-0.15, -0.1) is 0 Å². The van der Waals surface area contributed by atoms with E-state index >= 15 is 0 Å². The molecule has 0 radical (unpaired) electrons. The standard InChI is InChI=1S/C11H19NO4/c1-11(2,3)16-10(14)12-5-4-8-7(12)6-9(13)15-8/h7-9,13H,4-6H2,1-3H3/t7-,8-,9?/m1/s1. The number of fused-ring (bicyclic) bond motifs is 1. The Hall–Kier alpha value is -0.810. The number of ether oxygens (including phenoxy) is 2. The van der Waals surface area contributed by atoms with Gasteiger partial charge in [-0.2, -0.15) is 0 Å². The van der Waals surface area contributed by atoms with Crippen LogP contribution in [-0.4, -0.2) is 46.7 Å². The molecule has 0 aliphatic carbocycles. The molecule has 0 saturated carbocycles. The predicted molar refractivity (Wildman–Crippen MR) is 56.8 cm³/mol. The summed E-state index contributed by atoms with van der Waals surface area (Å²) in [5.41, 5.74) is -0.479. The van der Waals surface area contributed by atoms with Crippen LogP contribution in [0, 0.1) is 0 Å². The topological polar surface area (TPSA) is 59.0 Å². The Labute approximate surface area is 95.3 Å². The Balaban J connectivity index is 1.98. The van der Waals surface area contributed by atoms with Gasteiger partial charge in [-0.25, -0.2) is 4.79 Å². The van der Waals surface area contributed by atoms with E-state index in [0.29, 0.717) is 13.0 Å². The molecule has 1 N–H and O–H groups in total. The van der Waals surface area contributed by atoms with E-state index in [1.54, 1.807) is 4.90 Å². The molecule has 0 aromatic heterocycles. The average molecular weight is 229 g/mol. The van der Waals surface area contributed by atoms with Gasteiger partial charge < -0.3 is 19.5 Å². The number of hydrogen-bond acceptors (Lipinski definition) is 4. The van der Waals surface area contributed by atoms with Crippen LogP contribution in [0.3, 0.4) is 0 Å². The fraction of sp³-hybridized carbons (Fsp3) is 0.909. The van der Waals surface area contributed by atoms with Crippen molar-refractivity contribution in [1.82, 2.24) is 4.90 Å². The maximum absolute atomic E-state index is 11.9. The van der Waals surface area contributed by atoms with Crippen LogP contribution < -0.4 is 0 Å². The van der Waals surface area contributed by atoms with Crippen molar-refractivity contribution in [2.24, 2.45) is 0 Å². The highest BCUT2D eigenvalue weighted by Gasteiger charge is 2.45. The van der Waals surface area contributed by atoms with E-state index in [9.17, 15) is 9.90 Å². The number of amides is 1. The first-order valence-corrected chi connectivity index (χ1v) is 5.70. The summed E-state index contributed by atoms with van der Waals surface area (Å²) in [5, 5.41) is 9.37. The summed E-state index contributed by atoms with van der Waals surface area (Å²) in [6.07, 6.45) is 0.200. The van der Waals surface area contributed by atoms with Crippen molar-refractivity contribution in [3.63, 3.8) is 0 Å². The minimum Gasteiger partial charge on any atom is -0.444 e. The molecule has 0 aromatic carbocycles. The van der Waals surface area contributed by atoms with Crippen LogP contribution in [0.5, 0.6) is 0 Å². The van der Waals surface area contributed by atoms with Gasteiger partial charge in [0.25, 0.3) is 0 Å². The van der Waals surface area contributed by atoms with E-state index in [2.05, 4.69) is 0 Å². The summed E-state index contributed by atoms with van der Waals surface area (Å²) < 4.78 is 10.6. The first-order valence-electron chi connectivity index (χ1n) is 5.70. The number of carbonyl (C=O) groups excluding carboxylic acids is 1. The van der Waals surface area contributed by atoms with Gasteiger partial charge in [0.15, 0.2) is 6.29 Å². The molecule has 16 heavy (non-hydrogen) atoms. The number of rotatable bonds is 0. The maximum Gasteiger partial charge on any atom is 0.410 e. The van der Waals surface area contributed by atoms with Gasteiger partial charge in [0.1, 0.15) is 5.60 Å². The Morgan fingerprint density at radius 1 is 1.50 bits per heavy atom. The second-order valence-corrected chi connectivity index (χ2v) is 5.39. The van der Waals surface area contributed by atoms with Crippen molar-refractivity contribution in [2.45, 2.75) is 57.6 Å². The summed E-state index contributed by atoms with van der Waals surface area (Å²) in [7, 11) is 0. The Morgan fingerprint density at radius 2 is 2.19 bits per heavy atom. The van der Waals surface area contributed by atoms with Crippen LogP contribution in [0.4, 0.5) is 4.79 Å². The smallest absolute Gasteiger partial charge is 0.410 e. The molecule has 2 aliphatic rings. The zero-order chi connectivity index (χ0) is 11.9. The third kappa shape index (κ3) is 2.30. The molecule has 5 nitrogen and oxygen atoms in total. The highest BCUT2D eigenvalue weighted by molar-refractivity contribution is 5.69.